The van der Waals surface area contributed by atoms with Gasteiger partial charge in [-0.2, -0.15) is 15.0 Å². The van der Waals surface area contributed by atoms with Crippen LogP contribution in [0.1, 0.15) is 13.8 Å². The van der Waals surface area contributed by atoms with Crippen molar-refractivity contribution in [3.63, 3.8) is 0 Å². The molecule has 20 heavy (non-hydrogen) atoms. The average Bonchev–Trinajstić information content (AvgIpc) is 2.39. The molecule has 0 aliphatic heterocycles. The topological polar surface area (TPSA) is 72.0 Å². The van der Waals surface area contributed by atoms with Crippen LogP contribution in [0.3, 0.4) is 0 Å². The minimum atomic E-state index is 0.312. The number of nitrogens with one attached hydrogen (secondary N) is 2. The Hall–Kier alpha value is -1.64. The second-order valence-electron chi connectivity index (χ2n) is 3.86. The average molecular weight is 385 g/mol. The third-order valence-electron chi connectivity index (χ3n) is 2.30. The maximum Gasteiger partial charge on any atom is 0.323 e. The third-order valence-corrected chi connectivity index (χ3v) is 2.97. The molecule has 2 aromatic rings. The molecule has 106 valence electrons. The number of aromatic nitrogens is 3. The predicted octanol–water partition coefficient (Wildman–Crippen LogP) is 3.05. The largest absolute Gasteiger partial charge is 0.464 e. The van der Waals surface area contributed by atoms with Crippen molar-refractivity contribution in [1.29, 1.82) is 0 Å². The zero-order valence-corrected chi connectivity index (χ0v) is 13.5. The third kappa shape index (κ3) is 4.19. The standard InChI is InChI=1S/C13H16IN5O/c1-3-15-11-17-12(19-13(18-11)20-4-2)16-10-7-5-6-9(14)8-10/h5-8H,3-4H2,1-2H3,(H2,15,16,17,18,19). The van der Waals surface area contributed by atoms with E-state index in [0.717, 1.165) is 15.8 Å². The number of nitrogens with zero attached hydrogens (tertiary/aromatic N) is 3. The molecule has 0 aliphatic carbocycles. The smallest absolute Gasteiger partial charge is 0.323 e. The molecule has 0 unspecified atom stereocenters. The van der Waals surface area contributed by atoms with Crippen LogP contribution in [0, 0.1) is 3.57 Å². The van der Waals surface area contributed by atoms with E-state index in [-0.39, 0.29) is 0 Å². The maximum absolute atomic E-state index is 5.35. The van der Waals surface area contributed by atoms with Gasteiger partial charge in [0.15, 0.2) is 0 Å². The van der Waals surface area contributed by atoms with Gasteiger partial charge in [-0.15, -0.1) is 0 Å². The molecule has 2 N–H and O–H groups in total. The summed E-state index contributed by atoms with van der Waals surface area (Å²) in [7, 11) is 0. The quantitative estimate of drug-likeness (QED) is 0.745. The molecule has 1 aromatic heterocycles. The summed E-state index contributed by atoms with van der Waals surface area (Å²) in [4.78, 5) is 12.7. The summed E-state index contributed by atoms with van der Waals surface area (Å²) < 4.78 is 6.49. The lowest BCUT2D eigenvalue weighted by Gasteiger charge is -2.09. The molecule has 0 saturated heterocycles. The highest BCUT2D eigenvalue weighted by Gasteiger charge is 2.07. The van der Waals surface area contributed by atoms with E-state index in [1.807, 2.05) is 38.1 Å². The molecule has 0 fully saturated rings. The van der Waals surface area contributed by atoms with Gasteiger partial charge in [0.05, 0.1) is 6.61 Å². The zero-order valence-electron chi connectivity index (χ0n) is 11.4. The van der Waals surface area contributed by atoms with Crippen LogP contribution in [0.15, 0.2) is 24.3 Å². The first-order chi connectivity index (χ1) is 9.71. The molecule has 6 nitrogen and oxygen atoms in total. The van der Waals surface area contributed by atoms with Crippen LogP contribution in [0.25, 0.3) is 0 Å². The van der Waals surface area contributed by atoms with Crippen molar-refractivity contribution in [2.45, 2.75) is 13.8 Å². The minimum absolute atomic E-state index is 0.312. The van der Waals surface area contributed by atoms with Crippen molar-refractivity contribution in [2.24, 2.45) is 0 Å². The number of hydrogen-bond acceptors (Lipinski definition) is 6. The van der Waals surface area contributed by atoms with Gasteiger partial charge in [-0.25, -0.2) is 0 Å². The van der Waals surface area contributed by atoms with Gasteiger partial charge in [-0.05, 0) is 54.6 Å². The van der Waals surface area contributed by atoms with Crippen LogP contribution in [-0.2, 0) is 0 Å². The molecule has 0 aliphatic rings. The van der Waals surface area contributed by atoms with Crippen LogP contribution in [0.4, 0.5) is 17.6 Å². The lowest BCUT2D eigenvalue weighted by Crippen LogP contribution is -2.09. The first-order valence-electron chi connectivity index (χ1n) is 6.36. The number of benzene rings is 1. The summed E-state index contributed by atoms with van der Waals surface area (Å²) in [5, 5.41) is 6.22. The normalized spacial score (nSPS) is 10.2. The van der Waals surface area contributed by atoms with Crippen LogP contribution in [0.2, 0.25) is 0 Å². The van der Waals surface area contributed by atoms with Crippen LogP contribution >= 0.6 is 22.6 Å². The molecule has 0 bridgehead atoms. The van der Waals surface area contributed by atoms with Gasteiger partial charge in [0.25, 0.3) is 0 Å². The van der Waals surface area contributed by atoms with E-state index in [1.165, 1.54) is 0 Å². The Balaban J connectivity index is 2.25. The number of ether oxygens (including phenoxy) is 1. The first kappa shape index (κ1) is 14.8. The molecular weight excluding hydrogens is 369 g/mol. The molecule has 2 rings (SSSR count). The number of hydrogen-bond donors (Lipinski definition) is 2. The van der Waals surface area contributed by atoms with Gasteiger partial charge in [0, 0.05) is 15.8 Å². The Morgan fingerprint density at radius 1 is 1.15 bits per heavy atom. The van der Waals surface area contributed by atoms with Crippen molar-refractivity contribution >= 4 is 40.2 Å². The van der Waals surface area contributed by atoms with E-state index in [9.17, 15) is 0 Å². The van der Waals surface area contributed by atoms with Gasteiger partial charge < -0.3 is 15.4 Å². The highest BCUT2D eigenvalue weighted by Crippen LogP contribution is 2.18. The van der Waals surface area contributed by atoms with Gasteiger partial charge in [-0.1, -0.05) is 6.07 Å². The van der Waals surface area contributed by atoms with E-state index in [1.54, 1.807) is 0 Å². The highest BCUT2D eigenvalue weighted by molar-refractivity contribution is 14.1. The Morgan fingerprint density at radius 3 is 2.65 bits per heavy atom. The van der Waals surface area contributed by atoms with Gasteiger partial charge in [0.1, 0.15) is 0 Å². The molecule has 1 heterocycles. The van der Waals surface area contributed by atoms with Crippen molar-refractivity contribution in [3.05, 3.63) is 27.8 Å². The Labute approximate surface area is 131 Å². The van der Waals surface area contributed by atoms with Crippen molar-refractivity contribution < 1.29 is 4.74 Å². The number of halogens is 1. The van der Waals surface area contributed by atoms with Crippen LogP contribution in [0.5, 0.6) is 6.01 Å². The summed E-state index contributed by atoms with van der Waals surface area (Å²) >= 11 is 2.26. The van der Waals surface area contributed by atoms with E-state index < -0.39 is 0 Å². The lowest BCUT2D eigenvalue weighted by molar-refractivity contribution is 0.312. The number of rotatable bonds is 6. The van der Waals surface area contributed by atoms with Crippen molar-refractivity contribution in [3.8, 4) is 6.01 Å². The maximum atomic E-state index is 5.35. The molecule has 0 saturated carbocycles. The first-order valence-corrected chi connectivity index (χ1v) is 7.44. The number of anilines is 3. The predicted molar refractivity (Wildman–Crippen MR) is 87.6 cm³/mol. The Morgan fingerprint density at radius 2 is 1.95 bits per heavy atom. The molecule has 0 amide bonds. The molecular formula is C13H16IN5O. The summed E-state index contributed by atoms with van der Waals surface area (Å²) in [5.74, 6) is 0.959. The minimum Gasteiger partial charge on any atom is -0.464 e. The second kappa shape index (κ2) is 7.22. The van der Waals surface area contributed by atoms with E-state index in [4.69, 9.17) is 4.74 Å². The van der Waals surface area contributed by atoms with Crippen LogP contribution < -0.4 is 15.4 Å². The molecule has 0 atom stereocenters. The fourth-order valence-corrected chi connectivity index (χ4v) is 2.08. The van der Waals surface area contributed by atoms with E-state index in [0.29, 0.717) is 24.5 Å². The summed E-state index contributed by atoms with van der Waals surface area (Å²) in [6.45, 7) is 5.12. The second-order valence-corrected chi connectivity index (χ2v) is 5.11. The fraction of sp³-hybridized carbons (Fsp3) is 0.308. The molecule has 1 aromatic carbocycles. The zero-order chi connectivity index (χ0) is 14.4. The van der Waals surface area contributed by atoms with E-state index >= 15 is 0 Å². The summed E-state index contributed by atoms with van der Waals surface area (Å²) in [5.41, 5.74) is 0.924. The summed E-state index contributed by atoms with van der Waals surface area (Å²) in [6.07, 6.45) is 0. The Kier molecular flexibility index (Phi) is 5.33. The highest BCUT2D eigenvalue weighted by atomic mass is 127. The van der Waals surface area contributed by atoms with Gasteiger partial charge in [0.2, 0.25) is 11.9 Å². The van der Waals surface area contributed by atoms with Crippen molar-refractivity contribution in [2.75, 3.05) is 23.8 Å². The van der Waals surface area contributed by atoms with Crippen molar-refractivity contribution in [1.82, 2.24) is 15.0 Å². The van der Waals surface area contributed by atoms with Gasteiger partial charge >= 0.3 is 6.01 Å². The monoisotopic (exact) mass is 385 g/mol. The van der Waals surface area contributed by atoms with Crippen LogP contribution in [-0.4, -0.2) is 28.1 Å². The van der Waals surface area contributed by atoms with Gasteiger partial charge in [-0.3, -0.25) is 0 Å². The molecule has 0 radical (unpaired) electrons. The SMILES string of the molecule is CCNc1nc(Nc2cccc(I)c2)nc(OCC)n1. The lowest BCUT2D eigenvalue weighted by atomic mass is 10.3. The molecule has 7 heteroatoms. The Bertz CT molecular complexity index is 554. The van der Waals surface area contributed by atoms with E-state index in [2.05, 4.69) is 48.2 Å². The molecule has 0 spiro atoms. The summed E-state index contributed by atoms with van der Waals surface area (Å²) in [6, 6.07) is 8.28. The fourth-order valence-electron chi connectivity index (χ4n) is 1.54.